The lowest BCUT2D eigenvalue weighted by atomic mass is 10.1. The Morgan fingerprint density at radius 1 is 0.879 bits per heavy atom. The number of nitrogens with two attached hydrogens (primary N) is 2. The van der Waals surface area contributed by atoms with E-state index in [1.807, 2.05) is 6.07 Å². The highest BCUT2D eigenvalue weighted by Gasteiger charge is 2.38. The second-order valence-corrected chi connectivity index (χ2v) is 6.40. The zero-order valence-corrected chi connectivity index (χ0v) is 16.6. The molecule has 0 fully saturated rings. The number of ether oxygens (including phenoxy) is 1. The summed E-state index contributed by atoms with van der Waals surface area (Å²) >= 11 is 0. The van der Waals surface area contributed by atoms with Crippen LogP contribution in [0.1, 0.15) is 15.9 Å². The standard InChI is InChI=1S/C19H16N4O3.C2HF3O2/c20-17(21)14-2-1-13-10-16(8-5-12(13)9-14)26-18(24)11-3-6-15(7-4-11)23-19(22)25;3-2(4,5)1(6)7/h1-10H,(H3,20,21)(H3,22,23,25);(H,6,7). The molecule has 7 N–H and O–H groups in total. The minimum absolute atomic E-state index is 0.00308. The van der Waals surface area contributed by atoms with Crippen LogP contribution in [0.15, 0.2) is 60.7 Å². The number of hydrogen-bond donors (Lipinski definition) is 5. The number of carbonyl (C=O) groups is 3. The molecule has 3 aromatic carbocycles. The largest absolute Gasteiger partial charge is 0.490 e. The van der Waals surface area contributed by atoms with E-state index in [1.54, 1.807) is 42.5 Å². The van der Waals surface area contributed by atoms with Crippen LogP contribution >= 0.6 is 0 Å². The Morgan fingerprint density at radius 3 is 1.91 bits per heavy atom. The first-order chi connectivity index (χ1) is 15.4. The molecule has 2 amide bonds. The van der Waals surface area contributed by atoms with E-state index in [2.05, 4.69) is 5.32 Å². The number of anilines is 1. The van der Waals surface area contributed by atoms with Crippen LogP contribution < -0.4 is 21.5 Å². The Labute approximate surface area is 184 Å². The van der Waals surface area contributed by atoms with E-state index in [4.69, 9.17) is 31.5 Å². The lowest BCUT2D eigenvalue weighted by Crippen LogP contribution is -2.21. The normalized spacial score (nSPS) is 10.5. The van der Waals surface area contributed by atoms with Gasteiger partial charge in [0.05, 0.1) is 5.56 Å². The monoisotopic (exact) mass is 462 g/mol. The molecule has 0 saturated heterocycles. The van der Waals surface area contributed by atoms with Gasteiger partial charge < -0.3 is 26.6 Å². The zero-order chi connectivity index (χ0) is 24.8. The molecule has 0 atom stereocenters. The van der Waals surface area contributed by atoms with Crippen molar-refractivity contribution in [1.29, 1.82) is 5.41 Å². The molecule has 33 heavy (non-hydrogen) atoms. The second kappa shape index (κ2) is 10.1. The lowest BCUT2D eigenvalue weighted by Gasteiger charge is -2.08. The smallest absolute Gasteiger partial charge is 0.475 e. The number of carbonyl (C=O) groups excluding carboxylic acids is 2. The number of urea groups is 1. The molecule has 172 valence electrons. The van der Waals surface area contributed by atoms with Gasteiger partial charge in [-0.25, -0.2) is 14.4 Å². The average Bonchev–Trinajstić information content (AvgIpc) is 2.73. The molecule has 0 radical (unpaired) electrons. The van der Waals surface area contributed by atoms with E-state index >= 15 is 0 Å². The number of primary amides is 1. The molecule has 12 heteroatoms. The number of alkyl halides is 3. The average molecular weight is 462 g/mol. The van der Waals surface area contributed by atoms with Crippen molar-refractivity contribution in [3.05, 3.63) is 71.8 Å². The molecular formula is C21H17F3N4O5. The predicted molar refractivity (Wildman–Crippen MR) is 113 cm³/mol. The number of carboxylic acid groups (broad SMARTS) is 1. The maximum Gasteiger partial charge on any atom is 0.490 e. The Bertz CT molecular complexity index is 1210. The van der Waals surface area contributed by atoms with Crippen LogP contribution in [0.5, 0.6) is 5.75 Å². The van der Waals surface area contributed by atoms with E-state index in [9.17, 15) is 22.8 Å². The molecule has 0 heterocycles. The van der Waals surface area contributed by atoms with Gasteiger partial charge in [0, 0.05) is 11.3 Å². The lowest BCUT2D eigenvalue weighted by molar-refractivity contribution is -0.192. The van der Waals surface area contributed by atoms with E-state index in [1.165, 1.54) is 12.1 Å². The Balaban J connectivity index is 0.000000479. The molecule has 0 bridgehead atoms. The summed E-state index contributed by atoms with van der Waals surface area (Å²) in [5, 5.41) is 18.8. The van der Waals surface area contributed by atoms with Gasteiger partial charge in [-0.15, -0.1) is 0 Å². The molecule has 3 aromatic rings. The molecule has 0 spiro atoms. The first kappa shape index (κ1) is 24.7. The molecular weight excluding hydrogens is 445 g/mol. The molecule has 0 aromatic heterocycles. The molecule has 0 aliphatic heterocycles. The van der Waals surface area contributed by atoms with Gasteiger partial charge in [-0.1, -0.05) is 18.2 Å². The highest BCUT2D eigenvalue weighted by atomic mass is 19.4. The van der Waals surface area contributed by atoms with Gasteiger partial charge in [-0.05, 0) is 53.2 Å². The molecule has 0 aliphatic carbocycles. The number of nitrogens with one attached hydrogen (secondary N) is 2. The van der Waals surface area contributed by atoms with Crippen LogP contribution in [0, 0.1) is 5.41 Å². The summed E-state index contributed by atoms with van der Waals surface area (Å²) in [5.41, 5.74) is 12.0. The fraction of sp³-hybridized carbons (Fsp3) is 0.0476. The van der Waals surface area contributed by atoms with Gasteiger partial charge in [0.15, 0.2) is 0 Å². The second-order valence-electron chi connectivity index (χ2n) is 6.40. The number of benzene rings is 3. The molecule has 0 saturated carbocycles. The van der Waals surface area contributed by atoms with Gasteiger partial charge in [-0.3, -0.25) is 5.41 Å². The third-order valence-electron chi connectivity index (χ3n) is 3.96. The van der Waals surface area contributed by atoms with Crippen molar-refractivity contribution in [2.75, 3.05) is 5.32 Å². The number of amides is 2. The number of halogens is 3. The third kappa shape index (κ3) is 7.24. The highest BCUT2D eigenvalue weighted by Crippen LogP contribution is 2.23. The maximum absolute atomic E-state index is 12.2. The van der Waals surface area contributed by atoms with Crippen molar-refractivity contribution in [3.8, 4) is 5.75 Å². The zero-order valence-electron chi connectivity index (χ0n) is 16.6. The number of amidine groups is 1. The van der Waals surface area contributed by atoms with Gasteiger partial charge in [0.25, 0.3) is 0 Å². The minimum atomic E-state index is -5.08. The number of aliphatic carboxylic acids is 1. The molecule has 3 rings (SSSR count). The molecule has 0 unspecified atom stereocenters. The summed E-state index contributed by atoms with van der Waals surface area (Å²) < 4.78 is 37.1. The quantitative estimate of drug-likeness (QED) is 0.172. The van der Waals surface area contributed by atoms with E-state index in [0.717, 1.165) is 10.8 Å². The van der Waals surface area contributed by atoms with Crippen LogP contribution in [0.25, 0.3) is 10.8 Å². The van der Waals surface area contributed by atoms with Crippen molar-refractivity contribution < 1.29 is 37.4 Å². The number of fused-ring (bicyclic) bond motifs is 1. The van der Waals surface area contributed by atoms with Crippen molar-refractivity contribution in [3.63, 3.8) is 0 Å². The predicted octanol–water partition coefficient (Wildman–Crippen LogP) is 3.47. The van der Waals surface area contributed by atoms with Crippen molar-refractivity contribution in [2.24, 2.45) is 11.5 Å². The Hall–Kier alpha value is -4.61. The summed E-state index contributed by atoms with van der Waals surface area (Å²) in [6, 6.07) is 16.1. The van der Waals surface area contributed by atoms with E-state index in [0.29, 0.717) is 22.6 Å². The van der Waals surface area contributed by atoms with Crippen LogP contribution in [-0.2, 0) is 4.79 Å². The van der Waals surface area contributed by atoms with Crippen molar-refractivity contribution in [2.45, 2.75) is 6.18 Å². The van der Waals surface area contributed by atoms with Gasteiger partial charge >= 0.3 is 24.1 Å². The first-order valence-corrected chi connectivity index (χ1v) is 8.94. The third-order valence-corrected chi connectivity index (χ3v) is 3.96. The van der Waals surface area contributed by atoms with Crippen LogP contribution in [0.4, 0.5) is 23.7 Å². The number of carboxylic acids is 1. The van der Waals surface area contributed by atoms with Crippen LogP contribution in [0.2, 0.25) is 0 Å². The number of nitrogen functional groups attached to an aromatic ring is 1. The Morgan fingerprint density at radius 2 is 1.39 bits per heavy atom. The maximum atomic E-state index is 12.2. The van der Waals surface area contributed by atoms with Crippen molar-refractivity contribution in [1.82, 2.24) is 0 Å². The van der Waals surface area contributed by atoms with Crippen LogP contribution in [-0.4, -0.2) is 35.1 Å². The van der Waals surface area contributed by atoms with Crippen LogP contribution in [0.3, 0.4) is 0 Å². The van der Waals surface area contributed by atoms with Gasteiger partial charge in [0.2, 0.25) is 0 Å². The summed E-state index contributed by atoms with van der Waals surface area (Å²) in [7, 11) is 0. The number of hydrogen-bond acceptors (Lipinski definition) is 5. The summed E-state index contributed by atoms with van der Waals surface area (Å²) in [4.78, 5) is 31.9. The molecule has 9 nitrogen and oxygen atoms in total. The number of rotatable bonds is 4. The fourth-order valence-electron chi connectivity index (χ4n) is 2.45. The minimum Gasteiger partial charge on any atom is -0.475 e. The first-order valence-electron chi connectivity index (χ1n) is 8.94. The summed E-state index contributed by atoms with van der Waals surface area (Å²) in [6.07, 6.45) is -5.08. The van der Waals surface area contributed by atoms with Crippen molar-refractivity contribution >= 4 is 40.3 Å². The van der Waals surface area contributed by atoms with E-state index < -0.39 is 24.1 Å². The number of esters is 1. The Kier molecular flexibility index (Phi) is 7.57. The SMILES string of the molecule is N=C(N)c1ccc2cc(OC(=O)c3ccc(NC(N)=O)cc3)ccc2c1.O=C(O)C(F)(F)F. The fourth-order valence-corrected chi connectivity index (χ4v) is 2.45. The summed E-state index contributed by atoms with van der Waals surface area (Å²) in [6.45, 7) is 0. The van der Waals surface area contributed by atoms with E-state index in [-0.39, 0.29) is 5.84 Å². The van der Waals surface area contributed by atoms with Gasteiger partial charge in [0.1, 0.15) is 11.6 Å². The topological polar surface area (TPSA) is 169 Å². The van der Waals surface area contributed by atoms with Gasteiger partial charge in [-0.2, -0.15) is 13.2 Å². The summed E-state index contributed by atoms with van der Waals surface area (Å²) in [5.74, 6) is -2.88. The molecule has 0 aliphatic rings. The highest BCUT2D eigenvalue weighted by molar-refractivity contribution is 5.99.